The van der Waals surface area contributed by atoms with E-state index in [1.165, 1.54) is 12.3 Å². The van der Waals surface area contributed by atoms with Gasteiger partial charge in [0, 0.05) is 11.6 Å². The molecule has 2 bridgehead atoms. The van der Waals surface area contributed by atoms with E-state index < -0.39 is 4.92 Å². The number of carbonyl (C=O) groups is 2. The van der Waals surface area contributed by atoms with Gasteiger partial charge < -0.3 is 4.74 Å². The summed E-state index contributed by atoms with van der Waals surface area (Å²) in [7, 11) is 0. The molecule has 1 saturated carbocycles. The van der Waals surface area contributed by atoms with Gasteiger partial charge in [-0.3, -0.25) is 19.7 Å². The smallest absolute Gasteiger partial charge is 0.312 e. The molecule has 2 aliphatic carbocycles. The van der Waals surface area contributed by atoms with Crippen molar-refractivity contribution in [2.75, 3.05) is 0 Å². The van der Waals surface area contributed by atoms with Crippen LogP contribution in [-0.4, -0.2) is 28.0 Å². The van der Waals surface area contributed by atoms with Crippen molar-refractivity contribution in [1.82, 2.24) is 5.01 Å². The fraction of sp³-hybridized carbons (Fsp3) is 0.261. The summed E-state index contributed by atoms with van der Waals surface area (Å²) in [5.41, 5.74) is 0.717. The Morgan fingerprint density at radius 3 is 2.41 bits per heavy atom. The molecule has 3 aliphatic rings. The minimum Gasteiger partial charge on any atom is -0.481 e. The van der Waals surface area contributed by atoms with Crippen LogP contribution in [0.3, 0.4) is 0 Å². The van der Waals surface area contributed by atoms with Crippen LogP contribution in [0.4, 0.5) is 5.69 Å². The fourth-order valence-corrected chi connectivity index (χ4v) is 5.76. The molecule has 0 radical (unpaired) electrons. The van der Waals surface area contributed by atoms with Gasteiger partial charge in [0.2, 0.25) is 5.75 Å². The van der Waals surface area contributed by atoms with Crippen molar-refractivity contribution in [2.45, 2.75) is 13.0 Å². The lowest BCUT2D eigenvalue weighted by molar-refractivity contribution is -0.386. The number of halogens is 3. The summed E-state index contributed by atoms with van der Waals surface area (Å²) in [6.45, 7) is 0.0275. The first kappa shape index (κ1) is 23.0. The molecule has 2 aromatic carbocycles. The number of allylic oxidation sites excluding steroid dienone is 2. The number of benzene rings is 2. The molecule has 11 heteroatoms. The second kappa shape index (κ2) is 8.79. The van der Waals surface area contributed by atoms with Crippen LogP contribution in [0.2, 0.25) is 10.0 Å². The number of carbonyl (C=O) groups excluding carboxylic acids is 2. The number of fused-ring (bicyclic) bond motifs is 5. The topological polar surface area (TPSA) is 102 Å². The van der Waals surface area contributed by atoms with Gasteiger partial charge in [-0.05, 0) is 57.9 Å². The highest BCUT2D eigenvalue weighted by Crippen LogP contribution is 2.52. The number of hydrogen-bond donors (Lipinski definition) is 0. The Morgan fingerprint density at radius 2 is 1.79 bits per heavy atom. The van der Waals surface area contributed by atoms with Gasteiger partial charge in [-0.2, -0.15) is 10.1 Å². The van der Waals surface area contributed by atoms with Crippen molar-refractivity contribution in [3.05, 3.63) is 78.2 Å². The Bertz CT molecular complexity index is 1270. The van der Waals surface area contributed by atoms with E-state index in [1.54, 1.807) is 24.3 Å². The Labute approximate surface area is 212 Å². The molecular formula is C23H16BrCl2N3O5. The van der Waals surface area contributed by atoms with Gasteiger partial charge in [0.15, 0.2) is 0 Å². The van der Waals surface area contributed by atoms with Gasteiger partial charge >= 0.3 is 5.69 Å². The average molecular weight is 565 g/mol. The highest BCUT2D eigenvalue weighted by Gasteiger charge is 2.59. The van der Waals surface area contributed by atoms with Crippen LogP contribution >= 0.6 is 39.1 Å². The molecule has 0 unspecified atom stereocenters. The number of ether oxygens (including phenoxy) is 1. The third-order valence-corrected chi connectivity index (χ3v) is 7.71. The number of amides is 2. The number of hydrazone groups is 1. The van der Waals surface area contributed by atoms with Gasteiger partial charge in [-0.15, -0.1) is 0 Å². The van der Waals surface area contributed by atoms with E-state index >= 15 is 0 Å². The third-order valence-electron chi connectivity index (χ3n) is 6.38. The van der Waals surface area contributed by atoms with Crippen molar-refractivity contribution >= 4 is 62.8 Å². The zero-order valence-corrected chi connectivity index (χ0v) is 20.5. The second-order valence-corrected chi connectivity index (χ2v) is 10.0. The third kappa shape index (κ3) is 3.91. The number of nitrogens with zero attached hydrogens (tertiary/aromatic N) is 3. The highest BCUT2D eigenvalue weighted by atomic mass is 79.9. The van der Waals surface area contributed by atoms with E-state index in [0.29, 0.717) is 25.6 Å². The summed E-state index contributed by atoms with van der Waals surface area (Å²) < 4.78 is 6.02. The molecule has 1 heterocycles. The van der Waals surface area contributed by atoms with Gasteiger partial charge in [0.25, 0.3) is 11.8 Å². The van der Waals surface area contributed by atoms with Crippen molar-refractivity contribution in [1.29, 1.82) is 0 Å². The number of rotatable bonds is 6. The zero-order valence-electron chi connectivity index (χ0n) is 17.4. The number of nitro benzene ring substituents is 1. The first-order valence-corrected chi connectivity index (χ1v) is 11.9. The summed E-state index contributed by atoms with van der Waals surface area (Å²) in [6.07, 6.45) is 6.10. The monoisotopic (exact) mass is 563 g/mol. The molecule has 34 heavy (non-hydrogen) atoms. The van der Waals surface area contributed by atoms with Crippen LogP contribution in [0.5, 0.6) is 5.75 Å². The molecule has 1 aliphatic heterocycles. The van der Waals surface area contributed by atoms with Crippen molar-refractivity contribution in [3.8, 4) is 5.75 Å². The van der Waals surface area contributed by atoms with Crippen LogP contribution in [-0.2, 0) is 16.2 Å². The predicted molar refractivity (Wildman–Crippen MR) is 129 cm³/mol. The van der Waals surface area contributed by atoms with Crippen LogP contribution in [0.15, 0.2) is 52.1 Å². The minimum absolute atomic E-state index is 0.0266. The Balaban J connectivity index is 1.36. The lowest BCUT2D eigenvalue weighted by Gasteiger charge is -2.13. The predicted octanol–water partition coefficient (Wildman–Crippen LogP) is 5.38. The molecule has 5 rings (SSSR count). The molecular weight excluding hydrogens is 549 g/mol. The maximum absolute atomic E-state index is 12.8. The second-order valence-electron chi connectivity index (χ2n) is 8.38. The highest BCUT2D eigenvalue weighted by molar-refractivity contribution is 9.10. The first-order valence-electron chi connectivity index (χ1n) is 10.4. The number of imide groups is 1. The molecule has 2 fully saturated rings. The zero-order chi connectivity index (χ0) is 24.1. The number of nitro groups is 1. The van der Waals surface area contributed by atoms with Crippen LogP contribution in [0.1, 0.15) is 17.5 Å². The van der Waals surface area contributed by atoms with Crippen molar-refractivity contribution in [3.63, 3.8) is 0 Å². The van der Waals surface area contributed by atoms with Crippen LogP contribution in [0.25, 0.3) is 0 Å². The van der Waals surface area contributed by atoms with Gasteiger partial charge in [-0.1, -0.05) is 41.4 Å². The Morgan fingerprint density at radius 1 is 1.12 bits per heavy atom. The molecule has 1 saturated heterocycles. The quantitative estimate of drug-likeness (QED) is 0.154. The summed E-state index contributed by atoms with van der Waals surface area (Å²) in [5, 5.41) is 17.4. The lowest BCUT2D eigenvalue weighted by Crippen LogP contribution is -2.28. The van der Waals surface area contributed by atoms with E-state index in [2.05, 4.69) is 21.0 Å². The lowest BCUT2D eigenvalue weighted by atomic mass is 9.85. The first-order chi connectivity index (χ1) is 16.2. The summed E-state index contributed by atoms with van der Waals surface area (Å²) in [5.74, 6) is -1.19. The number of hydrogen-bond acceptors (Lipinski definition) is 6. The van der Waals surface area contributed by atoms with E-state index in [-0.39, 0.29) is 53.5 Å². The average Bonchev–Trinajstić information content (AvgIpc) is 3.47. The largest absolute Gasteiger partial charge is 0.481 e. The van der Waals surface area contributed by atoms with Gasteiger partial charge in [0.05, 0.1) is 37.5 Å². The maximum Gasteiger partial charge on any atom is 0.312 e. The van der Waals surface area contributed by atoms with Gasteiger partial charge in [-0.25, -0.2) is 0 Å². The summed E-state index contributed by atoms with van der Waals surface area (Å²) in [4.78, 5) is 36.7. The van der Waals surface area contributed by atoms with E-state index in [1.807, 2.05) is 12.2 Å². The van der Waals surface area contributed by atoms with Crippen LogP contribution < -0.4 is 4.74 Å². The van der Waals surface area contributed by atoms with E-state index in [9.17, 15) is 19.7 Å². The van der Waals surface area contributed by atoms with Crippen LogP contribution in [0, 0.1) is 33.8 Å². The van der Waals surface area contributed by atoms with Crippen molar-refractivity contribution < 1.29 is 19.2 Å². The Hall–Kier alpha value is -2.75. The molecule has 0 spiro atoms. The fourth-order valence-electron chi connectivity index (χ4n) is 4.86. The molecule has 4 atom stereocenters. The van der Waals surface area contributed by atoms with Gasteiger partial charge in [0.1, 0.15) is 6.61 Å². The molecule has 0 N–H and O–H groups in total. The normalized spacial score (nSPS) is 25.0. The summed E-state index contributed by atoms with van der Waals surface area (Å²) in [6, 6.07) is 7.78. The van der Waals surface area contributed by atoms with E-state index in [0.717, 1.165) is 11.4 Å². The molecule has 0 aromatic heterocycles. The van der Waals surface area contributed by atoms with Crippen molar-refractivity contribution in [2.24, 2.45) is 28.8 Å². The maximum atomic E-state index is 12.8. The molecule has 8 nitrogen and oxygen atoms in total. The molecule has 2 aromatic rings. The Kier molecular flexibility index (Phi) is 5.95. The van der Waals surface area contributed by atoms with E-state index in [4.69, 9.17) is 27.9 Å². The summed E-state index contributed by atoms with van der Waals surface area (Å²) >= 11 is 15.2. The molecule has 174 valence electrons. The standard InChI is InChI=1S/C23H16BrCl2N3O5/c24-15-5-12(9-27-28-22(30)19-13-2-3-14(8-13)20(19)23(28)31)7-18(29(32)33)21(15)34-10-11-1-4-16(25)17(26)6-11/h1-7,9,13-14,19-20H,8,10H2/t13-,14-,19-,20+/m0/s1. The SMILES string of the molecule is O=C1[C@@H]2[C@H](C(=O)N1N=Cc1cc(Br)c(OCc3ccc(Cl)c(Cl)c3)c([N+](=O)[O-])c1)[C@H]1C=C[C@H]2C1. The minimum atomic E-state index is -0.577. The molecule has 2 amide bonds.